The van der Waals surface area contributed by atoms with Gasteiger partial charge in [0.2, 0.25) is 6.29 Å². The van der Waals surface area contributed by atoms with E-state index >= 15 is 0 Å². The summed E-state index contributed by atoms with van der Waals surface area (Å²) in [6, 6.07) is 36.2. The first-order chi connectivity index (χ1) is 69.2. The van der Waals surface area contributed by atoms with Crippen molar-refractivity contribution in [1.82, 2.24) is 55.2 Å². The highest BCUT2D eigenvalue weighted by Gasteiger charge is 2.40. The van der Waals surface area contributed by atoms with Crippen LogP contribution in [0.5, 0.6) is 0 Å². The number of hydrogen-bond acceptors (Lipinski definition) is 31. The van der Waals surface area contributed by atoms with Crippen molar-refractivity contribution >= 4 is 188 Å². The van der Waals surface area contributed by atoms with Crippen LogP contribution in [0.15, 0.2) is 212 Å². The van der Waals surface area contributed by atoms with Gasteiger partial charge >= 0.3 is 18.4 Å². The third-order valence-corrected chi connectivity index (χ3v) is 26.4. The van der Waals surface area contributed by atoms with Crippen molar-refractivity contribution in [3.63, 3.8) is 0 Å². The van der Waals surface area contributed by atoms with Crippen LogP contribution in [-0.4, -0.2) is 233 Å². The molecule has 34 nitrogen and oxygen atoms in total. The van der Waals surface area contributed by atoms with Gasteiger partial charge in [0.25, 0.3) is 20.0 Å². The number of nitrogen functional groups attached to an aromatic ring is 2. The molecule has 0 aliphatic carbocycles. The number of anilines is 14. The molecule has 0 spiro atoms. The van der Waals surface area contributed by atoms with Crippen molar-refractivity contribution in [3.05, 3.63) is 273 Å². The van der Waals surface area contributed by atoms with Crippen LogP contribution in [0.4, 0.5) is 125 Å². The Bertz CT molecular complexity index is 6640. The monoisotopic (exact) mass is 2180 g/mol. The molecule has 778 valence electrons. The molecule has 7 N–H and O–H groups in total. The minimum atomic E-state index is -4.64. The van der Waals surface area contributed by atoms with Gasteiger partial charge in [-0.2, -0.15) is 17.5 Å². The van der Waals surface area contributed by atoms with Crippen molar-refractivity contribution < 1.29 is 75.8 Å². The van der Waals surface area contributed by atoms with Gasteiger partial charge in [0.05, 0.1) is 80.6 Å². The van der Waals surface area contributed by atoms with Gasteiger partial charge in [-0.3, -0.25) is 14.8 Å². The van der Waals surface area contributed by atoms with E-state index in [1.165, 1.54) is 98.9 Å². The SMILES string of the molecule is CC(C)(C)OC(=O)Nc1cncnc1N1CCN(c2ccc(Cl)cc2F)CC1.Cc1ccc(S(=O)(=O)N(C(=O)OC(C)(C)C)c2cncnc2N2CCN(c3ccc(Cl)cc3F)CC2)cc1.Cc1ccc(S(=O)(=O)Nc2cncnc2N2CCN(c3ccc(Cl)cc3F)CC2)cc1.Fc1cc(Cl)ccc1N1CCNCC1.Nc1cncnc1Cl.Nc1cncnc1N1CCN(c2ccc(Cl)cc2F)CC1.O=CC(F)(F)F. The number of alkyl halides is 3. The van der Waals surface area contributed by atoms with Crippen LogP contribution < -0.4 is 75.2 Å². The number of aryl methyl sites for hydroxylation is 2. The highest BCUT2D eigenvalue weighted by Crippen LogP contribution is 2.38. The van der Waals surface area contributed by atoms with Crippen LogP contribution in [0.25, 0.3) is 0 Å². The lowest BCUT2D eigenvalue weighted by Crippen LogP contribution is -2.48. The minimum absolute atomic E-state index is 0.0338. The number of nitrogens with zero attached hydrogens (tertiary/aromatic N) is 20. The van der Waals surface area contributed by atoms with E-state index in [4.69, 9.17) is 95.3 Å². The second kappa shape index (κ2) is 51.7. The molecular weight excluding hydrogens is 2080 g/mol. The van der Waals surface area contributed by atoms with Gasteiger partial charge in [-0.05, 0) is 171 Å². The molecule has 0 saturated carbocycles. The lowest BCUT2D eigenvalue weighted by molar-refractivity contribution is -0.156. The fourth-order valence-corrected chi connectivity index (χ4v) is 18.2. The summed E-state index contributed by atoms with van der Waals surface area (Å²) in [5.74, 6) is 0.425. The average Bonchev–Trinajstić information content (AvgIpc) is 0.755. The highest BCUT2D eigenvalue weighted by atomic mass is 35.5. The number of aldehydes is 1. The number of aromatic nitrogens is 10. The molecule has 0 atom stereocenters. The molecule has 146 heavy (non-hydrogen) atoms. The van der Waals surface area contributed by atoms with Gasteiger partial charge in [0, 0.05) is 156 Å². The Balaban J connectivity index is 0.000000172. The summed E-state index contributed by atoms with van der Waals surface area (Å²) in [5.41, 5.74) is 15.8. The zero-order valence-electron chi connectivity index (χ0n) is 80.2. The molecule has 5 aliphatic rings. The van der Waals surface area contributed by atoms with Crippen molar-refractivity contribution in [2.75, 3.05) is 201 Å². The summed E-state index contributed by atoms with van der Waals surface area (Å²) in [6.45, 7) is 26.7. The van der Waals surface area contributed by atoms with Crippen molar-refractivity contribution in [2.45, 2.75) is 82.6 Å². The Kier molecular flexibility index (Phi) is 40.1. The molecule has 17 rings (SSSR count). The molecule has 7 aromatic carbocycles. The molecule has 5 aliphatic heterocycles. The van der Waals surface area contributed by atoms with Crippen molar-refractivity contribution in [3.8, 4) is 0 Å². The van der Waals surface area contributed by atoms with Gasteiger partial charge in [0.1, 0.15) is 89.0 Å². The minimum Gasteiger partial charge on any atom is -0.444 e. The normalized spacial score (nSPS) is 14.5. The molecule has 0 bridgehead atoms. The second-order valence-corrected chi connectivity index (χ2v) is 40.7. The maximum atomic E-state index is 14.5. The van der Waals surface area contributed by atoms with Crippen molar-refractivity contribution in [1.29, 1.82) is 0 Å². The first kappa shape index (κ1) is 113. The molecule has 5 aromatic heterocycles. The Morgan fingerprint density at radius 2 is 0.699 bits per heavy atom. The maximum Gasteiger partial charge on any atom is 0.446 e. The number of piperazine rings is 5. The van der Waals surface area contributed by atoms with Gasteiger partial charge in [-0.15, -0.1) is 0 Å². The van der Waals surface area contributed by atoms with Crippen LogP contribution >= 0.6 is 69.6 Å². The third kappa shape index (κ3) is 32.9. The Labute approximate surface area is 869 Å². The molecule has 50 heteroatoms. The molecule has 12 aromatic rings. The number of amides is 2. The van der Waals surface area contributed by atoms with Crippen LogP contribution in [0.3, 0.4) is 0 Å². The largest absolute Gasteiger partial charge is 0.446 e. The summed E-state index contributed by atoms with van der Waals surface area (Å²) < 4.78 is 169. The van der Waals surface area contributed by atoms with E-state index in [2.05, 4.69) is 70.1 Å². The van der Waals surface area contributed by atoms with Crippen molar-refractivity contribution in [2.24, 2.45) is 0 Å². The first-order valence-corrected chi connectivity index (χ1v) is 50.3. The number of halogens is 14. The maximum absolute atomic E-state index is 14.5. The van der Waals surface area contributed by atoms with E-state index in [1.807, 2.05) is 53.0 Å². The fourth-order valence-electron chi connectivity index (χ4n) is 14.9. The van der Waals surface area contributed by atoms with Gasteiger partial charge < -0.3 is 70.4 Å². The number of rotatable bonds is 16. The summed E-state index contributed by atoms with van der Waals surface area (Å²) in [6.07, 6.45) is 6.90. The van der Waals surface area contributed by atoms with E-state index in [9.17, 15) is 61.5 Å². The Morgan fingerprint density at radius 1 is 0.397 bits per heavy atom. The van der Waals surface area contributed by atoms with E-state index in [0.29, 0.717) is 189 Å². The number of carbonyl (C=O) groups is 3. The number of nitrogens with one attached hydrogen (secondary N) is 3. The number of carbonyl (C=O) groups excluding carboxylic acids is 3. The third-order valence-electron chi connectivity index (χ3n) is 21.8. The molecule has 0 unspecified atom stereocenters. The zero-order chi connectivity index (χ0) is 106. The Hall–Kier alpha value is -13.2. The van der Waals surface area contributed by atoms with Crippen LogP contribution in [-0.2, 0) is 34.3 Å². The second-order valence-electron chi connectivity index (χ2n) is 34.7. The Morgan fingerprint density at radius 3 is 1.04 bits per heavy atom. The lowest BCUT2D eigenvalue weighted by Gasteiger charge is -2.38. The quantitative estimate of drug-likeness (QED) is 0.0341. The predicted molar refractivity (Wildman–Crippen MR) is 555 cm³/mol. The number of sulfonamides is 2. The van der Waals surface area contributed by atoms with Gasteiger partial charge in [0.15, 0.2) is 28.4 Å². The smallest absolute Gasteiger partial charge is 0.444 e. The van der Waals surface area contributed by atoms with E-state index in [1.54, 1.807) is 145 Å². The standard InChI is InChI=1S/C26H29ClFN5O4S.C21H21ClFN5O2S.C19H23ClFN5O2.C14H15ClFN5.C10H12ClFN2.C4H4ClN3.C2HF3O/c1-18-5-8-20(9-6-18)38(35,36)33(25(34)37-26(2,3)4)23-16-29-17-30-24(23)32-13-11-31(12-14-32)22-10-7-19(27)15-21(22)28;1-15-2-5-17(6-3-15)31(29,30)26-19-13-24-14-25-21(19)28-10-8-27(9-11-28)20-7-4-16(22)12-18(20)23;1-19(2,3)28-18(27)24-15-11-22-12-23-17(15)26-8-6-25(7-9-26)16-5-4-13(20)10-14(16)21;15-10-1-2-13(11(16)7-10)20-3-5-21(6-4-20)14-12(17)8-18-9-19-14;11-8-1-2-10(9(12)7-8)14-5-3-13-4-6-14;5-4-3(6)1-7-2-8-4;3-2(4,5)1-6/h5-10,15-17H,11-14H2,1-4H3;2-7,12-14,26H,8-11H2,1H3;4-5,10-12H,6-9H2,1-3H3,(H,24,27);1-2,7-9H,3-6,17H2;1-2,7,13H,3-6H2;1-2H,6H2;1H. The predicted octanol–water partition coefficient (Wildman–Crippen LogP) is 18.2. The number of ether oxygens (including phenoxy) is 2. The fraction of sp³-hybridized carbons (Fsp3) is 0.323. The van der Waals surface area contributed by atoms with Crippen LogP contribution in [0, 0.1) is 42.9 Å². The molecule has 10 heterocycles. The molecule has 5 saturated heterocycles. The summed E-state index contributed by atoms with van der Waals surface area (Å²) in [4.78, 5) is 92.2. The van der Waals surface area contributed by atoms with E-state index in [-0.39, 0.29) is 44.6 Å². The summed E-state index contributed by atoms with van der Waals surface area (Å²) in [7, 11) is -8.17. The number of nitrogens with two attached hydrogens (primary N) is 2. The van der Waals surface area contributed by atoms with Crippen LogP contribution in [0.2, 0.25) is 30.3 Å². The van der Waals surface area contributed by atoms with Gasteiger partial charge in [-0.1, -0.05) is 105 Å². The van der Waals surface area contributed by atoms with Gasteiger partial charge in [-0.25, -0.2) is 98.2 Å². The van der Waals surface area contributed by atoms with E-state index in [0.717, 1.165) is 56.2 Å². The molecule has 5 fully saturated rings. The molecule has 0 radical (unpaired) electrons. The molecular formula is C96H105Cl6F8N25O9S2. The zero-order valence-corrected chi connectivity index (χ0v) is 86.3. The van der Waals surface area contributed by atoms with E-state index < -0.39 is 61.7 Å². The number of hydrogen-bond donors (Lipinski definition) is 5. The topological polar surface area (TPSA) is 387 Å². The number of benzene rings is 7. The molecule has 2 amide bonds. The highest BCUT2D eigenvalue weighted by molar-refractivity contribution is 7.93. The lowest BCUT2D eigenvalue weighted by atomic mass is 10.2. The summed E-state index contributed by atoms with van der Waals surface area (Å²) in [5, 5.41) is 8.13. The first-order valence-electron chi connectivity index (χ1n) is 45.1. The van der Waals surface area contributed by atoms with Crippen LogP contribution in [0.1, 0.15) is 52.7 Å². The average molecular weight is 2180 g/mol. The summed E-state index contributed by atoms with van der Waals surface area (Å²) >= 11 is 34.5.